The van der Waals surface area contributed by atoms with E-state index >= 15 is 0 Å². The number of aliphatic hydroxyl groups excluding tert-OH is 1. The van der Waals surface area contributed by atoms with Crippen LogP contribution in [0.25, 0.3) is 0 Å². The molecular weight excluding hydrogens is 309 g/mol. The number of halogens is 1. The van der Waals surface area contributed by atoms with Crippen LogP contribution < -0.4 is 0 Å². The third-order valence-electron chi connectivity index (χ3n) is 4.36. The molecule has 0 spiro atoms. The van der Waals surface area contributed by atoms with Crippen molar-refractivity contribution in [2.24, 2.45) is 5.92 Å². The van der Waals surface area contributed by atoms with Gasteiger partial charge in [0.1, 0.15) is 11.4 Å². The Morgan fingerprint density at radius 3 is 2.58 bits per heavy atom. The molecule has 0 bridgehead atoms. The summed E-state index contributed by atoms with van der Waals surface area (Å²) in [4.78, 5) is 14.2. The van der Waals surface area contributed by atoms with Crippen LogP contribution in [0.2, 0.25) is 0 Å². The summed E-state index contributed by atoms with van der Waals surface area (Å²) in [5.74, 6) is 0.168. The van der Waals surface area contributed by atoms with E-state index in [0.29, 0.717) is 24.4 Å². The predicted molar refractivity (Wildman–Crippen MR) is 91.1 cm³/mol. The van der Waals surface area contributed by atoms with Gasteiger partial charge in [0, 0.05) is 12.6 Å². The van der Waals surface area contributed by atoms with Gasteiger partial charge in [0.2, 0.25) is 0 Å². The van der Waals surface area contributed by atoms with Crippen molar-refractivity contribution in [2.45, 2.75) is 64.7 Å². The van der Waals surface area contributed by atoms with Gasteiger partial charge >= 0.3 is 6.09 Å². The van der Waals surface area contributed by atoms with Crippen LogP contribution in [0.3, 0.4) is 0 Å². The zero-order chi connectivity index (χ0) is 17.9. The van der Waals surface area contributed by atoms with Gasteiger partial charge in [-0.1, -0.05) is 19.1 Å². The van der Waals surface area contributed by atoms with E-state index in [2.05, 4.69) is 6.92 Å². The number of rotatable bonds is 3. The standard InChI is InChI=1S/C19H28FNO3/c1-13-9-10-21(18(23)24-19(2,3)4)16(11-13)12-17(22)14-5-7-15(20)8-6-14/h5-8,13,16-17,22H,9-12H2,1-4H3. The molecule has 4 nitrogen and oxygen atoms in total. The lowest BCUT2D eigenvalue weighted by molar-refractivity contribution is -0.00279. The van der Waals surface area contributed by atoms with E-state index in [-0.39, 0.29) is 18.0 Å². The molecule has 1 fully saturated rings. The van der Waals surface area contributed by atoms with Crippen molar-refractivity contribution in [1.82, 2.24) is 4.90 Å². The Balaban J connectivity index is 2.08. The number of carbonyl (C=O) groups excluding carboxylic acids is 1. The topological polar surface area (TPSA) is 49.8 Å². The van der Waals surface area contributed by atoms with Crippen LogP contribution in [0.1, 0.15) is 58.6 Å². The Labute approximate surface area is 143 Å². The number of benzene rings is 1. The van der Waals surface area contributed by atoms with Crippen LogP contribution >= 0.6 is 0 Å². The van der Waals surface area contributed by atoms with Gasteiger partial charge in [-0.05, 0) is 63.6 Å². The zero-order valence-electron chi connectivity index (χ0n) is 15.0. The number of likely N-dealkylation sites (tertiary alicyclic amines) is 1. The smallest absolute Gasteiger partial charge is 0.410 e. The SMILES string of the molecule is CC1CCN(C(=O)OC(C)(C)C)C(CC(O)c2ccc(F)cc2)C1. The van der Waals surface area contributed by atoms with Gasteiger partial charge in [0.15, 0.2) is 0 Å². The molecule has 2 rings (SSSR count). The van der Waals surface area contributed by atoms with E-state index in [1.54, 1.807) is 17.0 Å². The average Bonchev–Trinajstić information content (AvgIpc) is 2.46. The lowest BCUT2D eigenvalue weighted by Gasteiger charge is -2.40. The average molecular weight is 337 g/mol. The summed E-state index contributed by atoms with van der Waals surface area (Å²) in [7, 11) is 0. The lowest BCUT2D eigenvalue weighted by atomic mass is 9.88. The van der Waals surface area contributed by atoms with Gasteiger partial charge in [-0.15, -0.1) is 0 Å². The molecule has 1 aromatic rings. The molecular formula is C19H28FNO3. The lowest BCUT2D eigenvalue weighted by Crippen LogP contribution is -2.48. The molecule has 1 aliphatic heterocycles. The number of piperidine rings is 1. The van der Waals surface area contributed by atoms with Crippen molar-refractivity contribution in [2.75, 3.05) is 6.54 Å². The minimum atomic E-state index is -0.731. The second-order valence-corrected chi connectivity index (χ2v) is 7.76. The number of amides is 1. The predicted octanol–water partition coefficient (Wildman–Crippen LogP) is 4.28. The molecule has 5 heteroatoms. The van der Waals surface area contributed by atoms with Crippen LogP contribution in [0, 0.1) is 11.7 Å². The third kappa shape index (κ3) is 5.20. The second kappa shape index (κ2) is 7.51. The fourth-order valence-corrected chi connectivity index (χ4v) is 3.11. The number of hydrogen-bond donors (Lipinski definition) is 1. The first-order chi connectivity index (χ1) is 11.2. The zero-order valence-corrected chi connectivity index (χ0v) is 15.0. The maximum absolute atomic E-state index is 13.0. The van der Waals surface area contributed by atoms with Gasteiger partial charge in [-0.2, -0.15) is 0 Å². The number of aliphatic hydroxyl groups is 1. The number of nitrogens with zero attached hydrogens (tertiary/aromatic N) is 1. The molecule has 134 valence electrons. The molecule has 1 saturated heterocycles. The van der Waals surface area contributed by atoms with Crippen LogP contribution in [0.4, 0.5) is 9.18 Å². The molecule has 0 aliphatic carbocycles. The largest absolute Gasteiger partial charge is 0.444 e. The highest BCUT2D eigenvalue weighted by Gasteiger charge is 2.34. The van der Waals surface area contributed by atoms with Crippen molar-refractivity contribution in [3.8, 4) is 0 Å². The molecule has 24 heavy (non-hydrogen) atoms. The maximum atomic E-state index is 13.0. The third-order valence-corrected chi connectivity index (χ3v) is 4.36. The summed E-state index contributed by atoms with van der Waals surface area (Å²) in [5.41, 5.74) is 0.124. The molecule has 1 aliphatic rings. The van der Waals surface area contributed by atoms with Gasteiger partial charge in [0.25, 0.3) is 0 Å². The Morgan fingerprint density at radius 1 is 1.38 bits per heavy atom. The highest BCUT2D eigenvalue weighted by atomic mass is 19.1. The molecule has 3 unspecified atom stereocenters. The molecule has 3 atom stereocenters. The summed E-state index contributed by atoms with van der Waals surface area (Å²) in [5, 5.41) is 10.5. The Morgan fingerprint density at radius 2 is 2.00 bits per heavy atom. The maximum Gasteiger partial charge on any atom is 0.410 e. The van der Waals surface area contributed by atoms with Crippen molar-refractivity contribution >= 4 is 6.09 Å². The second-order valence-electron chi connectivity index (χ2n) is 7.76. The first kappa shape index (κ1) is 18.7. The van der Waals surface area contributed by atoms with Gasteiger partial charge in [-0.3, -0.25) is 0 Å². The summed E-state index contributed by atoms with van der Waals surface area (Å²) in [6, 6.07) is 5.78. The summed E-state index contributed by atoms with van der Waals surface area (Å²) in [6.07, 6.45) is 1.13. The minimum Gasteiger partial charge on any atom is -0.444 e. The molecule has 1 amide bonds. The Bertz CT molecular complexity index is 553. The van der Waals surface area contributed by atoms with Crippen LogP contribution in [0.15, 0.2) is 24.3 Å². The fraction of sp³-hybridized carbons (Fsp3) is 0.632. The molecule has 0 saturated carbocycles. The first-order valence-electron chi connectivity index (χ1n) is 8.59. The summed E-state index contributed by atoms with van der Waals surface area (Å²) in [6.45, 7) is 8.33. The van der Waals surface area contributed by atoms with Crippen molar-refractivity contribution in [3.05, 3.63) is 35.6 Å². The quantitative estimate of drug-likeness (QED) is 0.895. The van der Waals surface area contributed by atoms with Crippen LogP contribution in [-0.4, -0.2) is 34.3 Å². The van der Waals surface area contributed by atoms with E-state index < -0.39 is 11.7 Å². The van der Waals surface area contributed by atoms with Crippen molar-refractivity contribution in [3.63, 3.8) is 0 Å². The minimum absolute atomic E-state index is 0.0800. The van der Waals surface area contributed by atoms with Crippen LogP contribution in [0.5, 0.6) is 0 Å². The van der Waals surface area contributed by atoms with Gasteiger partial charge in [-0.25, -0.2) is 9.18 Å². The summed E-state index contributed by atoms with van der Waals surface area (Å²) >= 11 is 0. The van der Waals surface area contributed by atoms with E-state index in [9.17, 15) is 14.3 Å². The van der Waals surface area contributed by atoms with E-state index in [1.165, 1.54) is 12.1 Å². The van der Waals surface area contributed by atoms with E-state index in [4.69, 9.17) is 4.74 Å². The fourth-order valence-electron chi connectivity index (χ4n) is 3.11. The molecule has 1 N–H and O–H groups in total. The first-order valence-corrected chi connectivity index (χ1v) is 8.59. The molecule has 1 heterocycles. The highest BCUT2D eigenvalue weighted by Crippen LogP contribution is 2.30. The Kier molecular flexibility index (Phi) is 5.86. The number of ether oxygens (including phenoxy) is 1. The normalized spacial score (nSPS) is 23.0. The molecule has 0 radical (unpaired) electrons. The van der Waals surface area contributed by atoms with Gasteiger partial charge < -0.3 is 14.7 Å². The van der Waals surface area contributed by atoms with Crippen LogP contribution in [-0.2, 0) is 4.74 Å². The van der Waals surface area contributed by atoms with E-state index in [1.807, 2.05) is 20.8 Å². The summed E-state index contributed by atoms with van der Waals surface area (Å²) < 4.78 is 18.5. The number of carbonyl (C=O) groups is 1. The van der Waals surface area contributed by atoms with Crippen molar-refractivity contribution < 1.29 is 19.0 Å². The Hall–Kier alpha value is -1.62. The molecule has 0 aromatic heterocycles. The molecule has 1 aromatic carbocycles. The van der Waals surface area contributed by atoms with Crippen molar-refractivity contribution in [1.29, 1.82) is 0 Å². The number of hydrogen-bond acceptors (Lipinski definition) is 3. The highest BCUT2D eigenvalue weighted by molar-refractivity contribution is 5.68. The van der Waals surface area contributed by atoms with Gasteiger partial charge in [0.05, 0.1) is 6.10 Å². The van der Waals surface area contributed by atoms with E-state index in [0.717, 1.165) is 12.8 Å². The monoisotopic (exact) mass is 337 g/mol.